The van der Waals surface area contributed by atoms with Crippen molar-refractivity contribution in [3.05, 3.63) is 63.1 Å². The number of carbonyl (C=O) groups excluding carboxylic acids is 1. The smallest absolute Gasteiger partial charge is 0.343 e. The highest BCUT2D eigenvalue weighted by molar-refractivity contribution is 9.10. The molecule has 0 radical (unpaired) electrons. The summed E-state index contributed by atoms with van der Waals surface area (Å²) >= 11 is 3.30. The van der Waals surface area contributed by atoms with E-state index in [1.165, 1.54) is 12.1 Å². The molecule has 0 saturated heterocycles. The molecule has 0 aliphatic heterocycles. The van der Waals surface area contributed by atoms with Crippen LogP contribution in [0.4, 0.5) is 0 Å². The topological polar surface area (TPSA) is 63.6 Å². The van der Waals surface area contributed by atoms with Gasteiger partial charge < -0.3 is 9.84 Å². The first-order valence-corrected chi connectivity index (χ1v) is 7.00. The van der Waals surface area contributed by atoms with Gasteiger partial charge in [0.25, 0.3) is 0 Å². The minimum absolute atomic E-state index is 0.174. The number of aromatic carboxylic acids is 1. The van der Waals surface area contributed by atoms with E-state index >= 15 is 0 Å². The molecule has 2 aromatic carbocycles. The van der Waals surface area contributed by atoms with E-state index in [0.717, 1.165) is 4.47 Å². The van der Waals surface area contributed by atoms with Crippen LogP contribution in [-0.4, -0.2) is 17.0 Å². The molecule has 0 atom stereocenters. The third-order valence-electron chi connectivity index (χ3n) is 2.98. The number of benzene rings is 2. The van der Waals surface area contributed by atoms with Crippen LogP contribution in [0, 0.1) is 13.8 Å². The number of hydrogen-bond donors (Lipinski definition) is 1. The minimum Gasteiger partial charge on any atom is -0.478 e. The average Bonchev–Trinajstić information content (AvgIpc) is 2.43. The zero-order valence-corrected chi connectivity index (χ0v) is 13.1. The maximum atomic E-state index is 12.1. The number of hydrogen-bond acceptors (Lipinski definition) is 3. The van der Waals surface area contributed by atoms with Crippen LogP contribution < -0.4 is 4.74 Å². The highest BCUT2D eigenvalue weighted by Gasteiger charge is 2.15. The molecule has 21 heavy (non-hydrogen) atoms. The standard InChI is InChI=1S/C16H13BrO4/c1-9-7-12(15(18)19)8-10(2)14(9)21-16(20)11-3-5-13(17)6-4-11/h3-8H,1-2H3,(H,18,19). The first kappa shape index (κ1) is 15.3. The van der Waals surface area contributed by atoms with E-state index in [0.29, 0.717) is 22.4 Å². The molecule has 0 aromatic heterocycles. The molecular weight excluding hydrogens is 336 g/mol. The van der Waals surface area contributed by atoms with Crippen molar-refractivity contribution in [1.82, 2.24) is 0 Å². The molecule has 4 nitrogen and oxygen atoms in total. The molecular formula is C16H13BrO4. The normalized spacial score (nSPS) is 10.2. The van der Waals surface area contributed by atoms with Crippen LogP contribution in [0.15, 0.2) is 40.9 Å². The van der Waals surface area contributed by atoms with Gasteiger partial charge >= 0.3 is 11.9 Å². The Kier molecular flexibility index (Phi) is 4.43. The van der Waals surface area contributed by atoms with Crippen LogP contribution in [0.5, 0.6) is 5.75 Å². The average molecular weight is 349 g/mol. The third-order valence-corrected chi connectivity index (χ3v) is 3.51. The van der Waals surface area contributed by atoms with Gasteiger partial charge in [0.15, 0.2) is 0 Å². The summed E-state index contributed by atoms with van der Waals surface area (Å²) in [6, 6.07) is 9.79. The van der Waals surface area contributed by atoms with Gasteiger partial charge in [-0.3, -0.25) is 0 Å². The number of carbonyl (C=O) groups is 2. The first-order chi connectivity index (χ1) is 9.88. The molecule has 0 fully saturated rings. The van der Waals surface area contributed by atoms with Gasteiger partial charge in [0, 0.05) is 4.47 Å². The molecule has 0 bridgehead atoms. The molecule has 5 heteroatoms. The molecule has 0 aliphatic carbocycles. The summed E-state index contributed by atoms with van der Waals surface area (Å²) in [5.74, 6) is -1.09. The van der Waals surface area contributed by atoms with E-state index in [4.69, 9.17) is 9.84 Å². The quantitative estimate of drug-likeness (QED) is 0.672. The van der Waals surface area contributed by atoms with Crippen LogP contribution in [0.25, 0.3) is 0 Å². The largest absolute Gasteiger partial charge is 0.478 e. The lowest BCUT2D eigenvalue weighted by Gasteiger charge is -2.11. The van der Waals surface area contributed by atoms with Crippen molar-refractivity contribution < 1.29 is 19.4 Å². The molecule has 0 amide bonds. The summed E-state index contributed by atoms with van der Waals surface area (Å²) in [5, 5.41) is 9.00. The predicted octanol–water partition coefficient (Wildman–Crippen LogP) is 3.98. The van der Waals surface area contributed by atoms with Gasteiger partial charge in [-0.15, -0.1) is 0 Å². The Morgan fingerprint density at radius 2 is 1.52 bits per heavy atom. The highest BCUT2D eigenvalue weighted by Crippen LogP contribution is 2.26. The van der Waals surface area contributed by atoms with Crippen molar-refractivity contribution in [1.29, 1.82) is 0 Å². The monoisotopic (exact) mass is 348 g/mol. The number of esters is 1. The van der Waals surface area contributed by atoms with Crippen LogP contribution >= 0.6 is 15.9 Å². The zero-order valence-electron chi connectivity index (χ0n) is 11.5. The van der Waals surface area contributed by atoms with Crippen molar-refractivity contribution in [3.8, 4) is 5.75 Å². The van der Waals surface area contributed by atoms with Crippen LogP contribution in [0.3, 0.4) is 0 Å². The highest BCUT2D eigenvalue weighted by atomic mass is 79.9. The number of carboxylic acid groups (broad SMARTS) is 1. The van der Waals surface area contributed by atoms with Crippen molar-refractivity contribution >= 4 is 27.9 Å². The van der Waals surface area contributed by atoms with Gasteiger partial charge in [-0.05, 0) is 61.4 Å². The SMILES string of the molecule is Cc1cc(C(=O)O)cc(C)c1OC(=O)c1ccc(Br)cc1. The first-order valence-electron chi connectivity index (χ1n) is 6.21. The molecule has 0 spiro atoms. The number of carboxylic acids is 1. The number of ether oxygens (including phenoxy) is 1. The van der Waals surface area contributed by atoms with Crippen molar-refractivity contribution in [2.45, 2.75) is 13.8 Å². The molecule has 2 aromatic rings. The van der Waals surface area contributed by atoms with Gasteiger partial charge in [0.2, 0.25) is 0 Å². The Balaban J connectivity index is 2.29. The van der Waals surface area contributed by atoms with Crippen LogP contribution in [0.1, 0.15) is 31.8 Å². The van der Waals surface area contributed by atoms with E-state index < -0.39 is 11.9 Å². The Bertz CT molecular complexity index is 682. The second kappa shape index (κ2) is 6.10. The second-order valence-electron chi connectivity index (χ2n) is 4.64. The molecule has 0 aliphatic rings. The summed E-state index contributed by atoms with van der Waals surface area (Å²) in [7, 11) is 0. The Labute approximate surface area is 130 Å². The number of aryl methyl sites for hydroxylation is 2. The summed E-state index contributed by atoms with van der Waals surface area (Å²) in [4.78, 5) is 23.1. The lowest BCUT2D eigenvalue weighted by atomic mass is 10.1. The van der Waals surface area contributed by atoms with E-state index in [1.807, 2.05) is 0 Å². The van der Waals surface area contributed by atoms with Gasteiger partial charge in [-0.2, -0.15) is 0 Å². The maximum absolute atomic E-state index is 12.1. The van der Waals surface area contributed by atoms with Crippen molar-refractivity contribution in [2.24, 2.45) is 0 Å². The van der Waals surface area contributed by atoms with Crippen molar-refractivity contribution in [2.75, 3.05) is 0 Å². The Hall–Kier alpha value is -2.14. The fourth-order valence-electron chi connectivity index (χ4n) is 1.97. The fraction of sp³-hybridized carbons (Fsp3) is 0.125. The lowest BCUT2D eigenvalue weighted by Crippen LogP contribution is -2.11. The minimum atomic E-state index is -1.01. The number of halogens is 1. The van der Waals surface area contributed by atoms with Crippen molar-refractivity contribution in [3.63, 3.8) is 0 Å². The van der Waals surface area contributed by atoms with E-state index in [9.17, 15) is 9.59 Å². The Morgan fingerprint density at radius 1 is 1.00 bits per heavy atom. The predicted molar refractivity (Wildman–Crippen MR) is 82.0 cm³/mol. The van der Waals surface area contributed by atoms with Gasteiger partial charge in [-0.25, -0.2) is 9.59 Å². The molecule has 0 saturated carbocycles. The summed E-state index contributed by atoms with van der Waals surface area (Å²) < 4.78 is 6.26. The van der Waals surface area contributed by atoms with Crippen LogP contribution in [0.2, 0.25) is 0 Å². The number of rotatable bonds is 3. The molecule has 0 heterocycles. The van der Waals surface area contributed by atoms with E-state index in [1.54, 1.807) is 38.1 Å². The van der Waals surface area contributed by atoms with Gasteiger partial charge in [0.05, 0.1) is 11.1 Å². The van der Waals surface area contributed by atoms with E-state index in [-0.39, 0.29) is 5.56 Å². The van der Waals surface area contributed by atoms with Gasteiger partial charge in [0.1, 0.15) is 5.75 Å². The Morgan fingerprint density at radius 3 is 2.00 bits per heavy atom. The lowest BCUT2D eigenvalue weighted by molar-refractivity contribution is 0.0696. The molecule has 108 valence electrons. The maximum Gasteiger partial charge on any atom is 0.343 e. The van der Waals surface area contributed by atoms with E-state index in [2.05, 4.69) is 15.9 Å². The summed E-state index contributed by atoms with van der Waals surface area (Å²) in [6.07, 6.45) is 0. The third kappa shape index (κ3) is 3.49. The second-order valence-corrected chi connectivity index (χ2v) is 5.56. The molecule has 1 N–H and O–H groups in total. The molecule has 0 unspecified atom stereocenters. The summed E-state index contributed by atoms with van der Waals surface area (Å²) in [5.41, 5.74) is 1.82. The zero-order chi connectivity index (χ0) is 15.6. The fourth-order valence-corrected chi connectivity index (χ4v) is 2.24. The molecule has 2 rings (SSSR count). The van der Waals surface area contributed by atoms with Crippen LogP contribution in [-0.2, 0) is 0 Å². The summed E-state index contributed by atoms with van der Waals surface area (Å²) in [6.45, 7) is 3.42. The van der Waals surface area contributed by atoms with Gasteiger partial charge in [-0.1, -0.05) is 15.9 Å².